The number of fused-ring (bicyclic) bond motifs is 3. The van der Waals surface area contributed by atoms with Crippen LogP contribution in [0.5, 0.6) is 11.5 Å². The van der Waals surface area contributed by atoms with Gasteiger partial charge in [-0.2, -0.15) is 0 Å². The number of amides is 1. The number of anilines is 1. The number of carbonyl (C=O) groups excluding carboxylic acids is 1. The Hall–Kier alpha value is -3.73. The fourth-order valence-corrected chi connectivity index (χ4v) is 5.55. The van der Waals surface area contributed by atoms with E-state index in [1.807, 2.05) is 25.1 Å². The number of carbonyl (C=O) groups is 1. The van der Waals surface area contributed by atoms with Crippen LogP contribution in [-0.2, 0) is 16.8 Å². The summed E-state index contributed by atoms with van der Waals surface area (Å²) in [6.07, 6.45) is 4.73. The summed E-state index contributed by atoms with van der Waals surface area (Å²) in [6.45, 7) is 12.3. The predicted octanol–water partition coefficient (Wildman–Crippen LogP) is 6.31. The third kappa shape index (κ3) is 4.48. The quantitative estimate of drug-likeness (QED) is 0.417. The topological polar surface area (TPSA) is 50.8 Å². The van der Waals surface area contributed by atoms with Gasteiger partial charge in [0.1, 0.15) is 12.3 Å². The predicted molar refractivity (Wildman–Crippen MR) is 149 cm³/mol. The summed E-state index contributed by atoms with van der Waals surface area (Å²) < 4.78 is 12.1. The molecule has 0 saturated carbocycles. The summed E-state index contributed by atoms with van der Waals surface area (Å²) in [5.41, 5.74) is 6.03. The van der Waals surface area contributed by atoms with E-state index in [0.717, 1.165) is 16.9 Å². The molecule has 0 spiro atoms. The van der Waals surface area contributed by atoms with E-state index in [1.54, 1.807) is 0 Å². The van der Waals surface area contributed by atoms with E-state index in [4.69, 9.17) is 9.47 Å². The molecule has 1 saturated heterocycles. The third-order valence-corrected chi connectivity index (χ3v) is 7.69. The van der Waals surface area contributed by atoms with Crippen LogP contribution in [0.15, 0.2) is 66.7 Å². The number of hydrogen-bond acceptors (Lipinski definition) is 4. The van der Waals surface area contributed by atoms with Crippen molar-refractivity contribution in [3.63, 3.8) is 0 Å². The molecule has 0 aromatic heterocycles. The average molecular weight is 497 g/mol. The van der Waals surface area contributed by atoms with Crippen molar-refractivity contribution < 1.29 is 14.3 Å². The zero-order valence-corrected chi connectivity index (χ0v) is 22.4. The lowest BCUT2D eigenvalue weighted by Gasteiger charge is -2.49. The van der Waals surface area contributed by atoms with Gasteiger partial charge < -0.3 is 19.7 Å². The molecule has 2 aliphatic heterocycles. The van der Waals surface area contributed by atoms with Gasteiger partial charge in [0.15, 0.2) is 11.5 Å². The second-order valence-corrected chi connectivity index (χ2v) is 10.6. The smallest absolute Gasteiger partial charge is 0.223 e. The molecule has 0 unspecified atom stereocenters. The monoisotopic (exact) mass is 496 g/mol. The molecule has 5 rings (SSSR count). The first kappa shape index (κ1) is 24.9. The molecule has 2 heterocycles. The van der Waals surface area contributed by atoms with Crippen LogP contribution in [0.1, 0.15) is 55.0 Å². The maximum absolute atomic E-state index is 12.7. The lowest BCUT2D eigenvalue weighted by Crippen LogP contribution is -2.68. The highest BCUT2D eigenvalue weighted by Crippen LogP contribution is 2.52. The van der Waals surface area contributed by atoms with Gasteiger partial charge in [0.05, 0.1) is 6.61 Å². The van der Waals surface area contributed by atoms with E-state index < -0.39 is 5.66 Å². The van der Waals surface area contributed by atoms with Crippen LogP contribution in [0.2, 0.25) is 0 Å². The highest BCUT2D eigenvalue weighted by atomic mass is 16.5. The van der Waals surface area contributed by atoms with Gasteiger partial charge in [-0.05, 0) is 61.7 Å². The SMILES string of the molecule is CCOc1cc(C=C[C@]23NC(=O)CCN2c2ccc(C)cc2C3(C)C)ccc1OCc1ccc(C)cc1. The number of hydrogen-bond donors (Lipinski definition) is 1. The van der Waals surface area contributed by atoms with Crippen molar-refractivity contribution in [2.45, 2.75) is 58.7 Å². The van der Waals surface area contributed by atoms with Crippen LogP contribution in [0.4, 0.5) is 5.69 Å². The summed E-state index contributed by atoms with van der Waals surface area (Å²) in [4.78, 5) is 15.1. The largest absolute Gasteiger partial charge is 0.490 e. The number of benzene rings is 3. The fourth-order valence-electron chi connectivity index (χ4n) is 5.55. The van der Waals surface area contributed by atoms with Gasteiger partial charge in [0.2, 0.25) is 5.91 Å². The highest BCUT2D eigenvalue weighted by molar-refractivity contribution is 5.84. The summed E-state index contributed by atoms with van der Waals surface area (Å²) in [7, 11) is 0. The standard InChI is InChI=1S/C32H36N2O3/c1-6-36-29-20-24(12-14-28(29)37-21-25-10-7-22(2)8-11-25)15-17-32-31(4,5)26-19-23(3)9-13-27(26)34(32)18-16-30(35)33-32/h7-15,17,19-20H,6,16,18,21H2,1-5H3,(H,33,35)/t32-/m0/s1. The lowest BCUT2D eigenvalue weighted by atomic mass is 9.74. The molecular weight excluding hydrogens is 460 g/mol. The Bertz CT molecular complexity index is 1340. The summed E-state index contributed by atoms with van der Waals surface area (Å²) >= 11 is 0. The molecule has 1 N–H and O–H groups in total. The van der Waals surface area contributed by atoms with Crippen molar-refractivity contribution in [1.29, 1.82) is 0 Å². The normalized spacial score (nSPS) is 19.9. The van der Waals surface area contributed by atoms with E-state index in [0.29, 0.717) is 31.9 Å². The minimum absolute atomic E-state index is 0.0772. The molecule has 1 amide bonds. The third-order valence-electron chi connectivity index (χ3n) is 7.69. The minimum atomic E-state index is -0.648. The van der Waals surface area contributed by atoms with Crippen LogP contribution in [0.25, 0.3) is 6.08 Å². The second kappa shape index (κ2) is 9.62. The Labute approximate surface area is 220 Å². The first-order chi connectivity index (χ1) is 17.7. The number of ether oxygens (including phenoxy) is 2. The average Bonchev–Trinajstić information content (AvgIpc) is 3.06. The van der Waals surface area contributed by atoms with Crippen LogP contribution in [0, 0.1) is 13.8 Å². The summed E-state index contributed by atoms with van der Waals surface area (Å²) in [6, 6.07) is 20.9. The van der Waals surface area contributed by atoms with Gasteiger partial charge in [0.25, 0.3) is 0 Å². The summed E-state index contributed by atoms with van der Waals surface area (Å²) in [5.74, 6) is 1.51. The molecule has 0 radical (unpaired) electrons. The maximum atomic E-state index is 12.7. The van der Waals surface area contributed by atoms with Gasteiger partial charge in [-0.25, -0.2) is 0 Å². The Balaban J connectivity index is 1.45. The summed E-state index contributed by atoms with van der Waals surface area (Å²) in [5, 5.41) is 3.36. The van der Waals surface area contributed by atoms with Gasteiger partial charge in [-0.1, -0.05) is 73.5 Å². The maximum Gasteiger partial charge on any atom is 0.223 e. The molecule has 1 atom stereocenters. The van der Waals surface area contributed by atoms with Crippen molar-refractivity contribution in [1.82, 2.24) is 5.32 Å². The van der Waals surface area contributed by atoms with E-state index >= 15 is 0 Å². The zero-order chi connectivity index (χ0) is 26.2. The van der Waals surface area contributed by atoms with Crippen molar-refractivity contribution in [3.05, 3.63) is 94.6 Å². The molecule has 5 nitrogen and oxygen atoms in total. The zero-order valence-electron chi connectivity index (χ0n) is 22.4. The molecule has 3 aromatic carbocycles. The van der Waals surface area contributed by atoms with Gasteiger partial charge >= 0.3 is 0 Å². The lowest BCUT2D eigenvalue weighted by molar-refractivity contribution is -0.124. The van der Waals surface area contributed by atoms with Crippen LogP contribution < -0.4 is 19.7 Å². The van der Waals surface area contributed by atoms with Crippen molar-refractivity contribution >= 4 is 17.7 Å². The molecule has 1 fully saturated rings. The Morgan fingerprint density at radius 2 is 1.70 bits per heavy atom. The molecular formula is C32H36N2O3. The number of rotatable bonds is 7. The molecule has 2 aliphatic rings. The van der Waals surface area contributed by atoms with Crippen LogP contribution in [-0.4, -0.2) is 24.7 Å². The first-order valence-corrected chi connectivity index (χ1v) is 13.1. The highest BCUT2D eigenvalue weighted by Gasteiger charge is 2.57. The molecule has 5 heteroatoms. The molecule has 192 valence electrons. The van der Waals surface area contributed by atoms with Crippen molar-refractivity contribution in [2.75, 3.05) is 18.1 Å². The molecule has 37 heavy (non-hydrogen) atoms. The van der Waals surface area contributed by atoms with Crippen LogP contribution in [0.3, 0.4) is 0 Å². The van der Waals surface area contributed by atoms with E-state index in [9.17, 15) is 4.79 Å². The van der Waals surface area contributed by atoms with Gasteiger partial charge in [-0.3, -0.25) is 4.79 Å². The Morgan fingerprint density at radius 3 is 2.46 bits per heavy atom. The number of aryl methyl sites for hydroxylation is 2. The fraction of sp³-hybridized carbons (Fsp3) is 0.344. The first-order valence-electron chi connectivity index (χ1n) is 13.1. The van der Waals surface area contributed by atoms with Gasteiger partial charge in [0, 0.05) is 24.1 Å². The molecule has 3 aromatic rings. The van der Waals surface area contributed by atoms with Crippen molar-refractivity contribution in [2.24, 2.45) is 0 Å². The van der Waals surface area contributed by atoms with Crippen LogP contribution >= 0.6 is 0 Å². The molecule has 0 bridgehead atoms. The minimum Gasteiger partial charge on any atom is -0.490 e. The van der Waals surface area contributed by atoms with E-state index in [-0.39, 0.29) is 11.3 Å². The van der Waals surface area contributed by atoms with E-state index in [2.05, 4.69) is 92.5 Å². The molecule has 0 aliphatic carbocycles. The Morgan fingerprint density at radius 1 is 0.946 bits per heavy atom. The second-order valence-electron chi connectivity index (χ2n) is 10.6. The van der Waals surface area contributed by atoms with E-state index in [1.165, 1.54) is 22.4 Å². The van der Waals surface area contributed by atoms with Crippen molar-refractivity contribution in [3.8, 4) is 11.5 Å². The number of nitrogens with zero attached hydrogens (tertiary/aromatic N) is 1. The van der Waals surface area contributed by atoms with Gasteiger partial charge in [-0.15, -0.1) is 0 Å². The number of nitrogens with one attached hydrogen (secondary N) is 1. The Kier molecular flexibility index (Phi) is 6.49.